The maximum Gasteiger partial charge on any atom is 0.313 e. The first kappa shape index (κ1) is 25.0. The second-order valence-electron chi connectivity index (χ2n) is 8.84. The zero-order valence-electron chi connectivity index (χ0n) is 20.7. The van der Waals surface area contributed by atoms with Gasteiger partial charge in [-0.2, -0.15) is 9.78 Å². The maximum atomic E-state index is 13.6. The summed E-state index contributed by atoms with van der Waals surface area (Å²) >= 11 is 6.23. The lowest BCUT2D eigenvalue weighted by Gasteiger charge is -2.11. The molecule has 0 aliphatic rings. The minimum atomic E-state index is -0.576. The van der Waals surface area contributed by atoms with E-state index in [0.29, 0.717) is 22.2 Å². The van der Waals surface area contributed by atoms with Crippen molar-refractivity contribution >= 4 is 45.4 Å². The third-order valence-corrected chi connectivity index (χ3v) is 6.42. The lowest BCUT2D eigenvalue weighted by molar-refractivity contribution is -0.385. The van der Waals surface area contributed by atoms with E-state index in [1.54, 1.807) is 30.3 Å². The van der Waals surface area contributed by atoms with E-state index < -0.39 is 10.5 Å². The zero-order chi connectivity index (χ0) is 27.6. The van der Waals surface area contributed by atoms with Crippen molar-refractivity contribution in [2.45, 2.75) is 6.61 Å². The largest absolute Gasteiger partial charge is 0.481 e. The molecule has 10 heteroatoms. The summed E-state index contributed by atoms with van der Waals surface area (Å²) in [5, 5.41) is 17.6. The van der Waals surface area contributed by atoms with Gasteiger partial charge in [-0.15, -0.1) is 0 Å². The first-order valence-electron chi connectivity index (χ1n) is 12.2. The van der Waals surface area contributed by atoms with Crippen LogP contribution in [0, 0.1) is 10.1 Å². The number of para-hydroxylation sites is 2. The summed E-state index contributed by atoms with van der Waals surface area (Å²) in [6, 6.07) is 28.0. The van der Waals surface area contributed by atoms with Crippen LogP contribution < -0.4 is 10.3 Å². The molecule has 0 N–H and O–H groups in total. The molecule has 0 saturated heterocycles. The lowest BCUT2D eigenvalue weighted by atomic mass is 10.2. The first-order chi connectivity index (χ1) is 19.5. The van der Waals surface area contributed by atoms with Crippen molar-refractivity contribution in [3.05, 3.63) is 134 Å². The third kappa shape index (κ3) is 4.81. The summed E-state index contributed by atoms with van der Waals surface area (Å²) in [5.74, 6) is 0.465. The summed E-state index contributed by atoms with van der Waals surface area (Å²) in [4.78, 5) is 29.6. The van der Waals surface area contributed by atoms with Crippen molar-refractivity contribution in [3.8, 4) is 17.3 Å². The molecule has 9 nitrogen and oxygen atoms in total. The van der Waals surface area contributed by atoms with Crippen LogP contribution in [0.2, 0.25) is 5.02 Å². The van der Waals surface area contributed by atoms with Crippen LogP contribution in [0.15, 0.2) is 111 Å². The van der Waals surface area contributed by atoms with Crippen molar-refractivity contribution in [1.29, 1.82) is 0 Å². The number of ether oxygens (including phenoxy) is 1. The first-order valence-corrected chi connectivity index (χ1v) is 12.6. The highest BCUT2D eigenvalue weighted by Crippen LogP contribution is 2.34. The smallest absolute Gasteiger partial charge is 0.313 e. The molecule has 0 amide bonds. The quantitative estimate of drug-likeness (QED) is 0.122. The molecular formula is C30H19ClN4O5. The van der Waals surface area contributed by atoms with E-state index in [-0.39, 0.29) is 34.5 Å². The third-order valence-electron chi connectivity index (χ3n) is 6.20. The van der Waals surface area contributed by atoms with Crippen LogP contribution in [0.5, 0.6) is 5.75 Å². The number of hydrogen-bond donors (Lipinski definition) is 0. The molecule has 6 aromatic rings. The Labute approximate surface area is 231 Å². The molecule has 40 heavy (non-hydrogen) atoms. The van der Waals surface area contributed by atoms with Gasteiger partial charge in [0.1, 0.15) is 12.2 Å². The van der Waals surface area contributed by atoms with E-state index in [9.17, 15) is 14.9 Å². The fourth-order valence-electron chi connectivity index (χ4n) is 4.32. The molecule has 0 aliphatic heterocycles. The predicted molar refractivity (Wildman–Crippen MR) is 153 cm³/mol. The fraction of sp³-hybridized carbons (Fsp3) is 0.0333. The summed E-state index contributed by atoms with van der Waals surface area (Å²) in [7, 11) is 0. The number of benzene rings is 4. The Morgan fingerprint density at radius 1 is 1.00 bits per heavy atom. The maximum absolute atomic E-state index is 13.6. The molecule has 0 radical (unpaired) electrons. The second kappa shape index (κ2) is 10.5. The average molecular weight is 551 g/mol. The van der Waals surface area contributed by atoms with Crippen molar-refractivity contribution in [2.75, 3.05) is 0 Å². The SMILES string of the molecule is O=c1c2ccccc2nc(-c2cc3ccccc3o2)n1N=Cc1cc(Cl)cc([N+](=O)[O-])c1OCc1ccccc1. The van der Waals surface area contributed by atoms with Gasteiger partial charge in [0.05, 0.1) is 22.0 Å². The van der Waals surface area contributed by atoms with Gasteiger partial charge in [0.15, 0.2) is 5.76 Å². The fourth-order valence-corrected chi connectivity index (χ4v) is 4.54. The van der Waals surface area contributed by atoms with Crippen LogP contribution in [0.4, 0.5) is 5.69 Å². The van der Waals surface area contributed by atoms with Crippen LogP contribution in [0.25, 0.3) is 33.5 Å². The molecular weight excluding hydrogens is 532 g/mol. The van der Waals surface area contributed by atoms with Gasteiger partial charge >= 0.3 is 5.69 Å². The van der Waals surface area contributed by atoms with Crippen LogP contribution >= 0.6 is 11.6 Å². The van der Waals surface area contributed by atoms with Crippen molar-refractivity contribution in [2.24, 2.45) is 5.10 Å². The molecule has 196 valence electrons. The molecule has 0 atom stereocenters. The number of rotatable bonds is 7. The minimum Gasteiger partial charge on any atom is -0.481 e. The number of aromatic nitrogens is 2. The molecule has 0 aliphatic carbocycles. The Hall–Kier alpha value is -5.28. The van der Waals surface area contributed by atoms with Crippen molar-refractivity contribution in [1.82, 2.24) is 9.66 Å². The molecule has 4 aromatic carbocycles. The molecule has 2 aromatic heterocycles. The normalized spacial score (nSPS) is 11.4. The number of fused-ring (bicyclic) bond motifs is 2. The molecule has 6 rings (SSSR count). The zero-order valence-corrected chi connectivity index (χ0v) is 21.5. The number of furan rings is 1. The highest BCUT2D eigenvalue weighted by molar-refractivity contribution is 6.31. The number of nitrogens with zero attached hydrogens (tertiary/aromatic N) is 4. The molecule has 2 heterocycles. The molecule has 0 saturated carbocycles. The topological polar surface area (TPSA) is 113 Å². The Morgan fingerprint density at radius 3 is 2.55 bits per heavy atom. The van der Waals surface area contributed by atoms with Gasteiger partial charge in [-0.1, -0.05) is 72.3 Å². The van der Waals surface area contributed by atoms with E-state index in [2.05, 4.69) is 10.1 Å². The summed E-state index contributed by atoms with van der Waals surface area (Å²) in [6.45, 7) is 0.0753. The van der Waals surface area contributed by atoms with Crippen molar-refractivity contribution in [3.63, 3.8) is 0 Å². The molecule has 0 bridgehead atoms. The van der Waals surface area contributed by atoms with Gasteiger partial charge < -0.3 is 9.15 Å². The minimum absolute atomic E-state index is 0.0333. The average Bonchev–Trinajstić information content (AvgIpc) is 3.40. The Morgan fingerprint density at radius 2 is 1.75 bits per heavy atom. The Bertz CT molecular complexity index is 1950. The van der Waals surface area contributed by atoms with Gasteiger partial charge in [-0.05, 0) is 35.9 Å². The monoisotopic (exact) mass is 550 g/mol. The summed E-state index contributed by atoms with van der Waals surface area (Å²) < 4.78 is 13.0. The van der Waals surface area contributed by atoms with E-state index in [1.165, 1.54) is 18.3 Å². The van der Waals surface area contributed by atoms with Crippen LogP contribution in [0.3, 0.4) is 0 Å². The highest BCUT2D eigenvalue weighted by atomic mass is 35.5. The lowest BCUT2D eigenvalue weighted by Crippen LogP contribution is -2.20. The van der Waals surface area contributed by atoms with E-state index in [1.807, 2.05) is 54.6 Å². The van der Waals surface area contributed by atoms with Gasteiger partial charge in [0.25, 0.3) is 5.56 Å². The standard InChI is InChI=1S/C30H19ClN4O5/c31-22-14-21(28(25(16-22)35(37)38)39-18-19-8-2-1-3-9-19)17-32-34-29(27-15-20-10-4-7-13-26(20)40-27)33-24-12-6-5-11-23(24)30(34)36/h1-17H,18H2. The molecule has 0 spiro atoms. The van der Waals surface area contributed by atoms with Crippen LogP contribution in [-0.4, -0.2) is 20.8 Å². The van der Waals surface area contributed by atoms with Gasteiger partial charge in [0, 0.05) is 22.0 Å². The Balaban J connectivity index is 1.50. The molecule has 0 fully saturated rings. The number of nitro benzene ring substituents is 1. The highest BCUT2D eigenvalue weighted by Gasteiger charge is 2.22. The van der Waals surface area contributed by atoms with E-state index in [0.717, 1.165) is 15.6 Å². The summed E-state index contributed by atoms with van der Waals surface area (Å²) in [5.41, 5.74) is 1.35. The van der Waals surface area contributed by atoms with Gasteiger partial charge in [-0.25, -0.2) is 4.98 Å². The van der Waals surface area contributed by atoms with Gasteiger partial charge in [-0.3, -0.25) is 14.9 Å². The second-order valence-corrected chi connectivity index (χ2v) is 9.27. The number of halogens is 1. The van der Waals surface area contributed by atoms with Gasteiger partial charge in [0.2, 0.25) is 11.6 Å². The molecule has 0 unspecified atom stereocenters. The summed E-state index contributed by atoms with van der Waals surface area (Å²) in [6.07, 6.45) is 1.29. The Kier molecular flexibility index (Phi) is 6.55. The number of hydrogen-bond acceptors (Lipinski definition) is 7. The van der Waals surface area contributed by atoms with Crippen LogP contribution in [-0.2, 0) is 6.61 Å². The van der Waals surface area contributed by atoms with E-state index >= 15 is 0 Å². The van der Waals surface area contributed by atoms with Crippen LogP contribution in [0.1, 0.15) is 11.1 Å². The van der Waals surface area contributed by atoms with E-state index in [4.69, 9.17) is 20.8 Å². The predicted octanol–water partition coefficient (Wildman–Crippen LogP) is 6.83. The van der Waals surface area contributed by atoms with Crippen molar-refractivity contribution < 1.29 is 14.1 Å². The number of nitro groups is 1.